The van der Waals surface area contributed by atoms with Gasteiger partial charge < -0.3 is 8.85 Å². The summed E-state index contributed by atoms with van der Waals surface area (Å²) in [5, 5.41) is 2.62. The largest absolute Gasteiger partial charge is 0.543 e. The van der Waals surface area contributed by atoms with Crippen molar-refractivity contribution in [3.8, 4) is 5.75 Å². The highest BCUT2D eigenvalue weighted by Crippen LogP contribution is 2.41. The second-order valence-corrected chi connectivity index (χ2v) is 26.0. The summed E-state index contributed by atoms with van der Waals surface area (Å²) in [4.78, 5) is 2.63. The van der Waals surface area contributed by atoms with Crippen molar-refractivity contribution < 1.29 is 8.85 Å². The SMILES string of the molecule is CC(C)N(CC(Cc1cc(CO[Si](c2ccccc2)(c2ccccc2)C(C)(C)C)ccc1O[Si](C)(C)C(C)(C)C)c1ccccc1)C(C)C. The van der Waals surface area contributed by atoms with Gasteiger partial charge in [-0.3, -0.25) is 4.90 Å². The second kappa shape index (κ2) is 15.9. The zero-order chi connectivity index (χ0) is 36.0. The first kappa shape index (κ1) is 38.8. The van der Waals surface area contributed by atoms with Crippen molar-refractivity contribution >= 4 is 27.0 Å². The molecule has 264 valence electrons. The highest BCUT2D eigenvalue weighted by Gasteiger charge is 2.50. The minimum atomic E-state index is -2.69. The molecule has 4 aromatic rings. The summed E-state index contributed by atoms with van der Waals surface area (Å²) in [5.41, 5.74) is 3.85. The van der Waals surface area contributed by atoms with Gasteiger partial charge in [-0.05, 0) is 96.5 Å². The van der Waals surface area contributed by atoms with Crippen LogP contribution in [0.2, 0.25) is 23.2 Å². The average molecular weight is 694 g/mol. The highest BCUT2D eigenvalue weighted by atomic mass is 28.4. The fraction of sp³-hybridized carbons (Fsp3) is 0.455. The van der Waals surface area contributed by atoms with Gasteiger partial charge in [-0.25, -0.2) is 0 Å². The first-order valence-electron chi connectivity index (χ1n) is 18.3. The Kier molecular flexibility index (Phi) is 12.6. The summed E-state index contributed by atoms with van der Waals surface area (Å²) < 4.78 is 14.5. The van der Waals surface area contributed by atoms with Gasteiger partial charge >= 0.3 is 0 Å². The van der Waals surface area contributed by atoms with Crippen LogP contribution in [0.15, 0.2) is 109 Å². The van der Waals surface area contributed by atoms with Gasteiger partial charge in [0.2, 0.25) is 8.32 Å². The molecule has 0 fully saturated rings. The average Bonchev–Trinajstić information content (AvgIpc) is 3.04. The fourth-order valence-corrected chi connectivity index (χ4v) is 12.5. The third-order valence-electron chi connectivity index (χ3n) is 10.7. The summed E-state index contributed by atoms with van der Waals surface area (Å²) in [6.07, 6.45) is 0.900. The van der Waals surface area contributed by atoms with Gasteiger partial charge in [0.25, 0.3) is 8.32 Å². The van der Waals surface area contributed by atoms with Gasteiger partial charge in [0.15, 0.2) is 0 Å². The van der Waals surface area contributed by atoms with Crippen LogP contribution in [-0.4, -0.2) is 40.2 Å². The van der Waals surface area contributed by atoms with Crippen LogP contribution < -0.4 is 14.8 Å². The van der Waals surface area contributed by atoms with Crippen molar-refractivity contribution in [1.82, 2.24) is 4.90 Å². The molecule has 4 rings (SSSR count). The molecule has 0 aliphatic heterocycles. The maximum absolute atomic E-state index is 7.42. The molecule has 0 aliphatic carbocycles. The van der Waals surface area contributed by atoms with Gasteiger partial charge in [0.1, 0.15) is 5.75 Å². The first-order chi connectivity index (χ1) is 23.0. The molecule has 49 heavy (non-hydrogen) atoms. The van der Waals surface area contributed by atoms with E-state index in [4.69, 9.17) is 8.85 Å². The maximum Gasteiger partial charge on any atom is 0.261 e. The minimum absolute atomic E-state index is 0.0839. The van der Waals surface area contributed by atoms with Crippen LogP contribution in [0.5, 0.6) is 5.75 Å². The van der Waals surface area contributed by atoms with E-state index in [9.17, 15) is 0 Å². The Hall–Kier alpha value is -2.97. The Morgan fingerprint density at radius 2 is 1.12 bits per heavy atom. The van der Waals surface area contributed by atoms with Crippen LogP contribution in [0, 0.1) is 0 Å². The predicted octanol–water partition coefficient (Wildman–Crippen LogP) is 10.6. The molecule has 1 atom stereocenters. The van der Waals surface area contributed by atoms with Crippen molar-refractivity contribution in [3.63, 3.8) is 0 Å². The zero-order valence-electron chi connectivity index (χ0n) is 32.5. The van der Waals surface area contributed by atoms with E-state index in [1.165, 1.54) is 27.1 Å². The number of nitrogens with zero attached hydrogens (tertiary/aromatic N) is 1. The van der Waals surface area contributed by atoms with Gasteiger partial charge in [-0.15, -0.1) is 0 Å². The number of hydrogen-bond donors (Lipinski definition) is 0. The summed E-state index contributed by atoms with van der Waals surface area (Å²) >= 11 is 0. The van der Waals surface area contributed by atoms with E-state index >= 15 is 0 Å². The molecule has 0 spiro atoms. The third kappa shape index (κ3) is 9.23. The van der Waals surface area contributed by atoms with Crippen LogP contribution >= 0.6 is 0 Å². The zero-order valence-corrected chi connectivity index (χ0v) is 34.5. The Bertz CT molecular complexity index is 1540. The van der Waals surface area contributed by atoms with Crippen molar-refractivity contribution in [2.24, 2.45) is 0 Å². The Labute approximate surface area is 301 Å². The normalized spacial score (nSPS) is 13.7. The van der Waals surface area contributed by atoms with Crippen molar-refractivity contribution in [2.75, 3.05) is 6.54 Å². The van der Waals surface area contributed by atoms with Crippen molar-refractivity contribution in [3.05, 3.63) is 126 Å². The van der Waals surface area contributed by atoms with Crippen LogP contribution in [0.4, 0.5) is 0 Å². The van der Waals surface area contributed by atoms with E-state index in [2.05, 4.69) is 196 Å². The van der Waals surface area contributed by atoms with Crippen molar-refractivity contribution in [1.29, 1.82) is 0 Å². The van der Waals surface area contributed by atoms with E-state index in [1.807, 2.05) is 0 Å². The first-order valence-corrected chi connectivity index (χ1v) is 23.1. The minimum Gasteiger partial charge on any atom is -0.543 e. The smallest absolute Gasteiger partial charge is 0.261 e. The summed E-state index contributed by atoms with van der Waals surface area (Å²) in [6.45, 7) is 29.5. The molecular weight excluding hydrogens is 631 g/mol. The molecule has 0 aromatic heterocycles. The van der Waals surface area contributed by atoms with Gasteiger partial charge in [-0.1, -0.05) is 139 Å². The molecule has 0 N–H and O–H groups in total. The lowest BCUT2D eigenvalue weighted by Crippen LogP contribution is -2.66. The van der Waals surface area contributed by atoms with Crippen LogP contribution in [0.25, 0.3) is 0 Å². The lowest BCUT2D eigenvalue weighted by Gasteiger charge is -2.43. The fourth-order valence-electron chi connectivity index (χ4n) is 6.91. The Morgan fingerprint density at radius 3 is 1.57 bits per heavy atom. The molecule has 0 saturated heterocycles. The summed E-state index contributed by atoms with van der Waals surface area (Å²) in [6, 6.07) is 40.8. The van der Waals surface area contributed by atoms with E-state index in [-0.39, 0.29) is 10.1 Å². The van der Waals surface area contributed by atoms with Crippen molar-refractivity contribution in [2.45, 2.75) is 123 Å². The molecule has 5 heteroatoms. The molecule has 0 bridgehead atoms. The summed E-state index contributed by atoms with van der Waals surface area (Å²) in [7, 11) is -4.78. The molecule has 3 nitrogen and oxygen atoms in total. The molecule has 0 heterocycles. The van der Waals surface area contributed by atoms with E-state index in [1.54, 1.807) is 0 Å². The van der Waals surface area contributed by atoms with Crippen LogP contribution in [0.3, 0.4) is 0 Å². The van der Waals surface area contributed by atoms with Crippen LogP contribution in [-0.2, 0) is 17.5 Å². The third-order valence-corrected chi connectivity index (χ3v) is 20.0. The molecule has 0 radical (unpaired) electrons. The second-order valence-electron chi connectivity index (χ2n) is 17.0. The van der Waals surface area contributed by atoms with E-state index in [0.717, 1.165) is 18.7 Å². The van der Waals surface area contributed by atoms with Gasteiger partial charge in [0, 0.05) is 24.5 Å². The molecular formula is C44H63NO2Si2. The van der Waals surface area contributed by atoms with Crippen LogP contribution in [0.1, 0.15) is 91.8 Å². The molecule has 4 aromatic carbocycles. The maximum atomic E-state index is 7.42. The molecule has 0 saturated carbocycles. The monoisotopic (exact) mass is 693 g/mol. The van der Waals surface area contributed by atoms with E-state index in [0.29, 0.717) is 24.6 Å². The van der Waals surface area contributed by atoms with E-state index < -0.39 is 16.6 Å². The number of hydrogen-bond acceptors (Lipinski definition) is 3. The van der Waals surface area contributed by atoms with Gasteiger partial charge in [-0.2, -0.15) is 0 Å². The molecule has 0 amide bonds. The topological polar surface area (TPSA) is 21.7 Å². The predicted molar refractivity (Wildman–Crippen MR) is 217 cm³/mol. The quantitative estimate of drug-likeness (QED) is 0.123. The Balaban J connectivity index is 1.81. The highest BCUT2D eigenvalue weighted by molar-refractivity contribution is 6.99. The lowest BCUT2D eigenvalue weighted by atomic mass is 9.89. The lowest BCUT2D eigenvalue weighted by molar-refractivity contribution is 0.163. The Morgan fingerprint density at radius 1 is 0.633 bits per heavy atom. The number of rotatable bonds is 14. The standard InChI is InChI=1S/C44H63NO2Si2/c1-34(2)45(35(3)4)32-39(37-22-16-13-17-23-37)31-38-30-36(28-29-42(38)47-48(11,12)43(5,6)7)33-46-49(44(8,9)10,40-24-18-14-19-25-40)41-26-20-15-21-27-41/h13-30,34-35,39H,31-33H2,1-12H3. The number of benzene rings is 4. The molecule has 1 unspecified atom stereocenters. The molecule has 0 aliphatic rings. The van der Waals surface area contributed by atoms with Gasteiger partial charge in [0.05, 0.1) is 6.61 Å². The summed E-state index contributed by atoms with van der Waals surface area (Å²) in [5.74, 6) is 1.35.